The number of methoxy groups -OCH3 is 1. The molecule has 216 valence electrons. The van der Waals surface area contributed by atoms with E-state index in [0.29, 0.717) is 16.9 Å². The summed E-state index contributed by atoms with van der Waals surface area (Å²) in [4.78, 5) is 53.1. The van der Waals surface area contributed by atoms with E-state index >= 15 is 0 Å². The summed E-state index contributed by atoms with van der Waals surface area (Å²) in [5.74, 6) is -0.751. The van der Waals surface area contributed by atoms with Crippen molar-refractivity contribution in [1.29, 1.82) is 0 Å². The van der Waals surface area contributed by atoms with Crippen LogP contribution < -0.4 is 21.7 Å². The van der Waals surface area contributed by atoms with Gasteiger partial charge >= 0.3 is 11.7 Å². The molecule has 1 saturated carbocycles. The van der Waals surface area contributed by atoms with E-state index in [4.69, 9.17) is 15.2 Å². The molecule has 11 heteroatoms. The van der Waals surface area contributed by atoms with Crippen LogP contribution in [0, 0.1) is 6.92 Å². The van der Waals surface area contributed by atoms with Crippen LogP contribution in [0.4, 0.5) is 0 Å². The maximum absolute atomic E-state index is 13.9. The lowest BCUT2D eigenvalue weighted by molar-refractivity contribution is -0.125. The van der Waals surface area contributed by atoms with Crippen LogP contribution in [0.15, 0.2) is 27.8 Å². The second-order valence-electron chi connectivity index (χ2n) is 10.7. The van der Waals surface area contributed by atoms with E-state index in [1.807, 2.05) is 12.1 Å². The standard InChI is InChI=1S/C29H37N3O7S/c1-6-39-26(35)23-16(2)21-24(34)32(29(3,4)27(30)36)28(37)31(25(21)40-23)15-19(33)22-18(13-10-14-20(22)38-5)17-11-8-7-9-12-17/h10,13-14,17,19,33H,6-9,11-12,15H2,1-5H3,(H2,30,36)/t19-/m0/s1. The summed E-state index contributed by atoms with van der Waals surface area (Å²) in [6, 6.07) is 5.66. The van der Waals surface area contributed by atoms with Crippen LogP contribution in [0.25, 0.3) is 10.2 Å². The summed E-state index contributed by atoms with van der Waals surface area (Å²) in [6.07, 6.45) is 4.14. The Morgan fingerprint density at radius 3 is 2.48 bits per heavy atom. The molecule has 2 aromatic heterocycles. The Balaban J connectivity index is 1.97. The van der Waals surface area contributed by atoms with Crippen LogP contribution in [0.3, 0.4) is 0 Å². The predicted molar refractivity (Wildman–Crippen MR) is 153 cm³/mol. The van der Waals surface area contributed by atoms with Gasteiger partial charge in [-0.2, -0.15) is 0 Å². The Morgan fingerprint density at radius 2 is 1.88 bits per heavy atom. The van der Waals surface area contributed by atoms with Crippen molar-refractivity contribution in [1.82, 2.24) is 9.13 Å². The number of fused-ring (bicyclic) bond motifs is 1. The van der Waals surface area contributed by atoms with E-state index in [1.165, 1.54) is 31.9 Å². The van der Waals surface area contributed by atoms with E-state index in [-0.39, 0.29) is 34.2 Å². The summed E-state index contributed by atoms with van der Waals surface area (Å²) in [5.41, 5.74) is 4.28. The highest BCUT2D eigenvalue weighted by Gasteiger charge is 2.35. The minimum atomic E-state index is -1.68. The van der Waals surface area contributed by atoms with Crippen LogP contribution in [0.2, 0.25) is 0 Å². The Labute approximate surface area is 236 Å². The number of amides is 1. The molecule has 1 fully saturated rings. The molecule has 3 N–H and O–H groups in total. The summed E-state index contributed by atoms with van der Waals surface area (Å²) >= 11 is 0.951. The fraction of sp³-hybridized carbons (Fsp3) is 0.517. The van der Waals surface area contributed by atoms with Crippen LogP contribution in [-0.4, -0.2) is 39.8 Å². The van der Waals surface area contributed by atoms with Gasteiger partial charge in [-0.05, 0) is 63.6 Å². The lowest BCUT2D eigenvalue weighted by atomic mass is 9.81. The molecule has 1 amide bonds. The number of nitrogens with two attached hydrogens (primary N) is 1. The number of carbonyl (C=O) groups excluding carboxylic acids is 2. The average molecular weight is 572 g/mol. The highest BCUT2D eigenvalue weighted by Crippen LogP contribution is 2.40. The molecule has 0 radical (unpaired) electrons. The van der Waals surface area contributed by atoms with Crippen molar-refractivity contribution in [2.75, 3.05) is 13.7 Å². The number of primary amides is 1. The second-order valence-corrected chi connectivity index (χ2v) is 11.7. The number of hydrogen-bond donors (Lipinski definition) is 2. The number of thiophene rings is 1. The van der Waals surface area contributed by atoms with Crippen molar-refractivity contribution in [2.45, 2.75) is 83.9 Å². The third-order valence-electron chi connectivity index (χ3n) is 7.89. The van der Waals surface area contributed by atoms with Crippen LogP contribution >= 0.6 is 11.3 Å². The Bertz CT molecular complexity index is 1560. The van der Waals surface area contributed by atoms with Crippen LogP contribution in [-0.2, 0) is 21.6 Å². The number of aromatic nitrogens is 2. The van der Waals surface area contributed by atoms with Gasteiger partial charge in [0, 0.05) is 5.56 Å². The van der Waals surface area contributed by atoms with Gasteiger partial charge in [-0.25, -0.2) is 14.2 Å². The Hall–Kier alpha value is -3.44. The van der Waals surface area contributed by atoms with E-state index in [9.17, 15) is 24.3 Å². The maximum Gasteiger partial charge on any atom is 0.348 e. The van der Waals surface area contributed by atoms with E-state index in [2.05, 4.69) is 0 Å². The summed E-state index contributed by atoms with van der Waals surface area (Å²) in [6.45, 7) is 5.94. The molecular weight excluding hydrogens is 534 g/mol. The first-order valence-electron chi connectivity index (χ1n) is 13.6. The molecule has 10 nitrogen and oxygen atoms in total. The van der Waals surface area contributed by atoms with Gasteiger partial charge in [-0.1, -0.05) is 31.4 Å². The quantitative estimate of drug-likeness (QED) is 0.373. The van der Waals surface area contributed by atoms with Crippen molar-refractivity contribution < 1.29 is 24.2 Å². The smallest absolute Gasteiger partial charge is 0.348 e. The number of esters is 1. The topological polar surface area (TPSA) is 143 Å². The molecule has 1 aliphatic rings. The Kier molecular flexibility index (Phi) is 8.55. The largest absolute Gasteiger partial charge is 0.496 e. The van der Waals surface area contributed by atoms with Gasteiger partial charge in [-0.3, -0.25) is 14.2 Å². The summed E-state index contributed by atoms with van der Waals surface area (Å²) in [5, 5.41) is 11.8. The molecule has 3 aromatic rings. The lowest BCUT2D eigenvalue weighted by Crippen LogP contribution is -2.54. The molecule has 0 saturated heterocycles. The number of benzene rings is 1. The van der Waals surface area contributed by atoms with Crippen molar-refractivity contribution >= 4 is 33.4 Å². The zero-order chi connectivity index (χ0) is 29.4. The number of aliphatic hydroxyl groups excluding tert-OH is 1. The second kappa shape index (κ2) is 11.6. The first kappa shape index (κ1) is 29.5. The van der Waals surface area contributed by atoms with E-state index in [0.717, 1.165) is 47.2 Å². The number of carbonyl (C=O) groups is 2. The first-order valence-corrected chi connectivity index (χ1v) is 14.4. The maximum atomic E-state index is 13.9. The minimum absolute atomic E-state index is 0.0988. The molecule has 0 aliphatic heterocycles. The van der Waals surface area contributed by atoms with Crippen LogP contribution in [0.1, 0.15) is 91.3 Å². The van der Waals surface area contributed by atoms with Gasteiger partial charge in [0.05, 0.1) is 25.6 Å². The van der Waals surface area contributed by atoms with Gasteiger partial charge in [0.2, 0.25) is 5.91 Å². The number of ether oxygens (including phenoxy) is 2. The van der Waals surface area contributed by atoms with Gasteiger partial charge in [-0.15, -0.1) is 11.3 Å². The zero-order valence-corrected chi connectivity index (χ0v) is 24.4. The number of hydrogen-bond acceptors (Lipinski definition) is 8. The Morgan fingerprint density at radius 1 is 1.20 bits per heavy atom. The summed E-state index contributed by atoms with van der Waals surface area (Å²) < 4.78 is 12.9. The monoisotopic (exact) mass is 571 g/mol. The van der Waals surface area contributed by atoms with Gasteiger partial charge in [0.25, 0.3) is 5.56 Å². The molecule has 2 heterocycles. The third-order valence-corrected chi connectivity index (χ3v) is 9.18. The molecular formula is C29H37N3O7S. The first-order chi connectivity index (χ1) is 18.9. The summed E-state index contributed by atoms with van der Waals surface area (Å²) in [7, 11) is 1.53. The van der Waals surface area contributed by atoms with Gasteiger partial charge < -0.3 is 20.3 Å². The zero-order valence-electron chi connectivity index (χ0n) is 23.6. The minimum Gasteiger partial charge on any atom is -0.496 e. The molecule has 40 heavy (non-hydrogen) atoms. The van der Waals surface area contributed by atoms with Gasteiger partial charge in [0.15, 0.2) is 0 Å². The molecule has 1 aliphatic carbocycles. The number of rotatable bonds is 9. The fourth-order valence-electron chi connectivity index (χ4n) is 5.63. The predicted octanol–water partition coefficient (Wildman–Crippen LogP) is 3.72. The van der Waals surface area contributed by atoms with Gasteiger partial charge in [0.1, 0.15) is 27.1 Å². The van der Waals surface area contributed by atoms with Crippen molar-refractivity contribution in [3.05, 3.63) is 60.6 Å². The molecule has 0 spiro atoms. The highest BCUT2D eigenvalue weighted by molar-refractivity contribution is 7.20. The highest BCUT2D eigenvalue weighted by atomic mass is 32.1. The molecule has 1 aromatic carbocycles. The fourth-order valence-corrected chi connectivity index (χ4v) is 6.83. The SMILES string of the molecule is CCOC(=O)c1sc2c(c1C)c(=O)n(C(C)(C)C(N)=O)c(=O)n2C[C@H](O)c1c(OC)cccc1C1CCCCC1. The molecule has 0 unspecified atom stereocenters. The van der Waals surface area contributed by atoms with E-state index < -0.39 is 34.8 Å². The van der Waals surface area contributed by atoms with Crippen molar-refractivity contribution in [3.8, 4) is 5.75 Å². The average Bonchev–Trinajstić information content (AvgIpc) is 3.28. The van der Waals surface area contributed by atoms with Crippen molar-refractivity contribution in [2.24, 2.45) is 5.73 Å². The molecule has 4 rings (SSSR count). The molecule has 0 bridgehead atoms. The number of aliphatic hydroxyl groups is 1. The normalized spacial score (nSPS) is 15.2. The third kappa shape index (κ3) is 5.08. The number of nitrogens with zero attached hydrogens (tertiary/aromatic N) is 2. The lowest BCUT2D eigenvalue weighted by Gasteiger charge is -2.28. The molecule has 1 atom stereocenters. The number of aryl methyl sites for hydroxylation is 1. The van der Waals surface area contributed by atoms with E-state index in [1.54, 1.807) is 19.9 Å². The van der Waals surface area contributed by atoms with Crippen molar-refractivity contribution in [3.63, 3.8) is 0 Å². The van der Waals surface area contributed by atoms with Crippen LogP contribution in [0.5, 0.6) is 5.75 Å².